The SMILES string of the molecule is Cc1ccccc1NC(=O)C(c1cccc(C)c1C)N(C(=O)C(NC(=O)OC(C)(C)C)C(C)C)C(C)(C)C. The van der Waals surface area contributed by atoms with Crippen LogP contribution >= 0.6 is 0 Å². The molecule has 2 aromatic carbocycles. The van der Waals surface area contributed by atoms with E-state index in [1.165, 1.54) is 0 Å². The minimum atomic E-state index is -0.941. The Balaban J connectivity index is 2.65. The molecule has 0 spiro atoms. The molecule has 0 heterocycles. The molecule has 38 heavy (non-hydrogen) atoms. The lowest BCUT2D eigenvalue weighted by Gasteiger charge is -2.44. The summed E-state index contributed by atoms with van der Waals surface area (Å²) in [4.78, 5) is 42.8. The van der Waals surface area contributed by atoms with Gasteiger partial charge in [-0.05, 0) is 96.6 Å². The molecule has 208 valence electrons. The molecule has 7 heteroatoms. The number of carbonyl (C=O) groups is 3. The van der Waals surface area contributed by atoms with Gasteiger partial charge in [-0.2, -0.15) is 0 Å². The van der Waals surface area contributed by atoms with Crippen molar-refractivity contribution in [2.75, 3.05) is 5.32 Å². The van der Waals surface area contributed by atoms with Crippen LogP contribution in [0.4, 0.5) is 10.5 Å². The molecule has 2 rings (SSSR count). The number of aryl methyl sites for hydroxylation is 2. The highest BCUT2D eigenvalue weighted by atomic mass is 16.6. The summed E-state index contributed by atoms with van der Waals surface area (Å²) in [6, 6.07) is 11.5. The van der Waals surface area contributed by atoms with Crippen LogP contribution in [0.15, 0.2) is 42.5 Å². The van der Waals surface area contributed by atoms with Gasteiger partial charge in [0.25, 0.3) is 5.91 Å². The summed E-state index contributed by atoms with van der Waals surface area (Å²) in [5, 5.41) is 5.83. The van der Waals surface area contributed by atoms with E-state index in [4.69, 9.17) is 4.74 Å². The lowest BCUT2D eigenvalue weighted by Crippen LogP contribution is -2.59. The van der Waals surface area contributed by atoms with E-state index in [0.29, 0.717) is 5.69 Å². The maximum atomic E-state index is 14.3. The van der Waals surface area contributed by atoms with Gasteiger partial charge in [-0.15, -0.1) is 0 Å². The Morgan fingerprint density at radius 2 is 1.42 bits per heavy atom. The first-order valence-electron chi connectivity index (χ1n) is 13.2. The van der Waals surface area contributed by atoms with Gasteiger partial charge in [0, 0.05) is 11.2 Å². The van der Waals surface area contributed by atoms with Crippen LogP contribution in [0.1, 0.15) is 83.7 Å². The Bertz CT molecular complexity index is 1160. The number of alkyl carbamates (subject to hydrolysis) is 1. The molecule has 2 unspecified atom stereocenters. The Morgan fingerprint density at radius 1 is 0.842 bits per heavy atom. The van der Waals surface area contributed by atoms with Crippen molar-refractivity contribution >= 4 is 23.6 Å². The molecule has 2 N–H and O–H groups in total. The number of hydrogen-bond donors (Lipinski definition) is 2. The number of para-hydroxylation sites is 1. The summed E-state index contributed by atoms with van der Waals surface area (Å²) in [7, 11) is 0. The van der Waals surface area contributed by atoms with Gasteiger partial charge < -0.3 is 20.3 Å². The zero-order valence-electron chi connectivity index (χ0n) is 24.9. The number of carbonyl (C=O) groups excluding carboxylic acids is 3. The molecule has 2 aromatic rings. The first kappa shape index (κ1) is 30.9. The van der Waals surface area contributed by atoms with Crippen LogP contribution in [-0.4, -0.2) is 40.0 Å². The van der Waals surface area contributed by atoms with E-state index >= 15 is 0 Å². The van der Waals surface area contributed by atoms with Crippen LogP contribution in [0.3, 0.4) is 0 Å². The molecule has 0 aliphatic heterocycles. The molecule has 3 amide bonds. The maximum Gasteiger partial charge on any atom is 0.408 e. The minimum Gasteiger partial charge on any atom is -0.444 e. The fourth-order valence-corrected chi connectivity index (χ4v) is 4.32. The standard InChI is InChI=1S/C31H45N3O4/c1-19(2)25(33-29(37)38-31(9,10)11)28(36)34(30(6,7)8)26(23-17-14-16-20(3)22(23)5)27(35)32-24-18-13-12-15-21(24)4/h12-19,25-26H,1-11H3,(H,32,35)(H,33,37). The zero-order chi connectivity index (χ0) is 29.0. The van der Waals surface area contributed by atoms with E-state index in [2.05, 4.69) is 10.6 Å². The second-order valence-electron chi connectivity index (χ2n) is 12.2. The van der Waals surface area contributed by atoms with Crippen molar-refractivity contribution in [2.45, 2.75) is 99.4 Å². The van der Waals surface area contributed by atoms with Gasteiger partial charge in [0.2, 0.25) is 5.91 Å². The van der Waals surface area contributed by atoms with E-state index in [1.807, 2.05) is 97.9 Å². The average molecular weight is 524 g/mol. The molecular formula is C31H45N3O4. The largest absolute Gasteiger partial charge is 0.444 e. The lowest BCUT2D eigenvalue weighted by molar-refractivity contribution is -0.147. The molecule has 0 aromatic heterocycles. The quantitative estimate of drug-likeness (QED) is 0.435. The topological polar surface area (TPSA) is 87.7 Å². The normalized spacial score (nSPS) is 13.5. The van der Waals surface area contributed by atoms with Crippen LogP contribution in [0.25, 0.3) is 0 Å². The molecule has 0 fully saturated rings. The number of hydrogen-bond acceptors (Lipinski definition) is 4. The van der Waals surface area contributed by atoms with Gasteiger partial charge in [0.05, 0.1) is 0 Å². The molecule has 0 saturated carbocycles. The van der Waals surface area contributed by atoms with Crippen molar-refractivity contribution in [3.8, 4) is 0 Å². The number of amides is 3. The second-order valence-corrected chi connectivity index (χ2v) is 12.2. The lowest BCUT2D eigenvalue weighted by atomic mass is 9.90. The fraction of sp³-hybridized carbons (Fsp3) is 0.516. The third-order valence-corrected chi connectivity index (χ3v) is 6.42. The summed E-state index contributed by atoms with van der Waals surface area (Å²) in [6.07, 6.45) is -0.675. The number of anilines is 1. The van der Waals surface area contributed by atoms with E-state index in [0.717, 1.165) is 22.3 Å². The van der Waals surface area contributed by atoms with Gasteiger partial charge in [-0.3, -0.25) is 9.59 Å². The molecule has 0 radical (unpaired) electrons. The summed E-state index contributed by atoms with van der Waals surface area (Å²) in [5.41, 5.74) is 2.81. The van der Waals surface area contributed by atoms with E-state index in [-0.39, 0.29) is 17.7 Å². The number of benzene rings is 2. The Hall–Kier alpha value is -3.35. The van der Waals surface area contributed by atoms with Crippen molar-refractivity contribution in [1.82, 2.24) is 10.2 Å². The van der Waals surface area contributed by atoms with Crippen LogP contribution in [0, 0.1) is 26.7 Å². The summed E-state index contributed by atoms with van der Waals surface area (Å²) in [6.45, 7) is 20.6. The van der Waals surface area contributed by atoms with Crippen LogP contribution in [0.5, 0.6) is 0 Å². The van der Waals surface area contributed by atoms with Crippen LogP contribution < -0.4 is 10.6 Å². The predicted octanol–water partition coefficient (Wildman–Crippen LogP) is 6.47. The van der Waals surface area contributed by atoms with E-state index in [9.17, 15) is 14.4 Å². The van der Waals surface area contributed by atoms with Gasteiger partial charge >= 0.3 is 6.09 Å². The van der Waals surface area contributed by atoms with Gasteiger partial charge in [0.15, 0.2) is 0 Å². The van der Waals surface area contributed by atoms with Crippen molar-refractivity contribution in [3.63, 3.8) is 0 Å². The third kappa shape index (κ3) is 7.83. The summed E-state index contributed by atoms with van der Waals surface area (Å²) >= 11 is 0. The Kier molecular flexibility index (Phi) is 9.76. The summed E-state index contributed by atoms with van der Waals surface area (Å²) < 4.78 is 5.45. The highest BCUT2D eigenvalue weighted by molar-refractivity contribution is 6.00. The van der Waals surface area contributed by atoms with Crippen molar-refractivity contribution in [1.29, 1.82) is 0 Å². The zero-order valence-corrected chi connectivity index (χ0v) is 24.9. The smallest absolute Gasteiger partial charge is 0.408 e. The van der Waals surface area contributed by atoms with Gasteiger partial charge in [-0.1, -0.05) is 50.2 Å². The highest BCUT2D eigenvalue weighted by Gasteiger charge is 2.43. The minimum absolute atomic E-state index is 0.251. The third-order valence-electron chi connectivity index (χ3n) is 6.42. The average Bonchev–Trinajstić information content (AvgIpc) is 2.76. The van der Waals surface area contributed by atoms with Crippen LogP contribution in [0.2, 0.25) is 0 Å². The van der Waals surface area contributed by atoms with Crippen LogP contribution in [-0.2, 0) is 14.3 Å². The fourth-order valence-electron chi connectivity index (χ4n) is 4.32. The maximum absolute atomic E-state index is 14.3. The van der Waals surface area contributed by atoms with Crippen molar-refractivity contribution in [3.05, 3.63) is 64.7 Å². The number of nitrogens with zero attached hydrogens (tertiary/aromatic N) is 1. The molecule has 0 aliphatic rings. The molecule has 0 bridgehead atoms. The van der Waals surface area contributed by atoms with Gasteiger partial charge in [0.1, 0.15) is 17.7 Å². The van der Waals surface area contributed by atoms with Crippen molar-refractivity contribution in [2.24, 2.45) is 5.92 Å². The van der Waals surface area contributed by atoms with Gasteiger partial charge in [-0.25, -0.2) is 4.79 Å². The monoisotopic (exact) mass is 523 g/mol. The van der Waals surface area contributed by atoms with E-state index in [1.54, 1.807) is 25.7 Å². The van der Waals surface area contributed by atoms with E-state index < -0.39 is 29.3 Å². The summed E-state index contributed by atoms with van der Waals surface area (Å²) in [5.74, 6) is -0.932. The molecular weight excluding hydrogens is 478 g/mol. The first-order chi connectivity index (χ1) is 17.4. The highest BCUT2D eigenvalue weighted by Crippen LogP contribution is 2.34. The molecule has 0 aliphatic carbocycles. The Morgan fingerprint density at radius 3 is 1.95 bits per heavy atom. The number of ether oxygens (including phenoxy) is 1. The molecule has 2 atom stereocenters. The number of nitrogens with one attached hydrogen (secondary N) is 2. The molecule has 7 nitrogen and oxygen atoms in total. The molecule has 0 saturated heterocycles. The first-order valence-corrected chi connectivity index (χ1v) is 13.2. The van der Waals surface area contributed by atoms with Crippen molar-refractivity contribution < 1.29 is 19.1 Å². The Labute approximate surface area is 228 Å². The second kappa shape index (κ2) is 12.0. The predicted molar refractivity (Wildman–Crippen MR) is 153 cm³/mol. The number of rotatable bonds is 7.